The van der Waals surface area contributed by atoms with E-state index in [2.05, 4.69) is 17.2 Å². The van der Waals surface area contributed by atoms with Crippen LogP contribution in [0.3, 0.4) is 0 Å². The highest BCUT2D eigenvalue weighted by Crippen LogP contribution is 2.16. The molecule has 0 fully saturated rings. The summed E-state index contributed by atoms with van der Waals surface area (Å²) in [6.45, 7) is -0.277. The van der Waals surface area contributed by atoms with Crippen molar-refractivity contribution in [2.75, 3.05) is 11.9 Å². The molecule has 20 heavy (non-hydrogen) atoms. The van der Waals surface area contributed by atoms with Crippen LogP contribution in [-0.2, 0) is 11.2 Å². The van der Waals surface area contributed by atoms with E-state index in [1.807, 2.05) is 16.8 Å². The van der Waals surface area contributed by atoms with Crippen LogP contribution in [0, 0.1) is 17.7 Å². The molecule has 0 aliphatic carbocycles. The van der Waals surface area contributed by atoms with Crippen molar-refractivity contribution in [1.82, 2.24) is 0 Å². The van der Waals surface area contributed by atoms with Crippen LogP contribution in [0.1, 0.15) is 11.1 Å². The van der Waals surface area contributed by atoms with Gasteiger partial charge >= 0.3 is 0 Å². The fourth-order valence-electron chi connectivity index (χ4n) is 1.61. The lowest BCUT2D eigenvalue weighted by atomic mass is 10.2. The minimum absolute atomic E-state index is 0.125. The van der Waals surface area contributed by atoms with Crippen molar-refractivity contribution in [3.05, 3.63) is 52.0 Å². The second kappa shape index (κ2) is 6.85. The SMILES string of the molecule is O=C(Cc1ccsc1)Nc1ccc(C#CCO)cc1F. The number of halogens is 1. The van der Waals surface area contributed by atoms with Gasteiger partial charge in [-0.15, -0.1) is 0 Å². The lowest BCUT2D eigenvalue weighted by Crippen LogP contribution is -2.15. The van der Waals surface area contributed by atoms with Gasteiger partial charge < -0.3 is 10.4 Å². The Labute approximate surface area is 120 Å². The van der Waals surface area contributed by atoms with E-state index in [1.54, 1.807) is 6.07 Å². The van der Waals surface area contributed by atoms with E-state index in [-0.39, 0.29) is 24.6 Å². The predicted octanol–water partition coefficient (Wildman–Crippen LogP) is 2.41. The van der Waals surface area contributed by atoms with Crippen LogP contribution < -0.4 is 5.32 Å². The molecule has 1 amide bonds. The maximum absolute atomic E-state index is 13.8. The standard InChI is InChI=1S/C15H12FNO2S/c16-13-8-11(2-1-6-18)3-4-14(13)17-15(19)9-12-5-7-20-10-12/h3-5,7-8,10,18H,6,9H2,(H,17,19). The fourth-order valence-corrected chi connectivity index (χ4v) is 2.28. The fraction of sp³-hybridized carbons (Fsp3) is 0.133. The number of amides is 1. The summed E-state index contributed by atoms with van der Waals surface area (Å²) in [6.07, 6.45) is 0.217. The molecule has 0 spiro atoms. The van der Waals surface area contributed by atoms with Crippen molar-refractivity contribution in [1.29, 1.82) is 0 Å². The van der Waals surface area contributed by atoms with Gasteiger partial charge in [0.2, 0.25) is 5.91 Å². The summed E-state index contributed by atoms with van der Waals surface area (Å²) in [5, 5.41) is 14.9. The lowest BCUT2D eigenvalue weighted by Gasteiger charge is -2.06. The Bertz CT molecular complexity index is 656. The zero-order chi connectivity index (χ0) is 14.4. The van der Waals surface area contributed by atoms with Gasteiger partial charge in [0, 0.05) is 5.56 Å². The number of thiophene rings is 1. The Hall–Kier alpha value is -2.16. The van der Waals surface area contributed by atoms with E-state index in [4.69, 9.17) is 5.11 Å². The van der Waals surface area contributed by atoms with E-state index >= 15 is 0 Å². The number of hydrogen-bond donors (Lipinski definition) is 2. The molecule has 0 atom stereocenters. The molecule has 102 valence electrons. The van der Waals surface area contributed by atoms with E-state index < -0.39 is 5.82 Å². The molecule has 1 aromatic heterocycles. The zero-order valence-corrected chi connectivity index (χ0v) is 11.3. The van der Waals surface area contributed by atoms with Crippen LogP contribution in [0.2, 0.25) is 0 Å². The monoisotopic (exact) mass is 289 g/mol. The number of rotatable bonds is 3. The highest BCUT2D eigenvalue weighted by Gasteiger charge is 2.08. The van der Waals surface area contributed by atoms with Crippen molar-refractivity contribution >= 4 is 22.9 Å². The highest BCUT2D eigenvalue weighted by molar-refractivity contribution is 7.08. The molecule has 0 aliphatic heterocycles. The second-order valence-electron chi connectivity index (χ2n) is 4.01. The molecule has 3 nitrogen and oxygen atoms in total. The van der Waals surface area contributed by atoms with Gasteiger partial charge in [-0.1, -0.05) is 11.8 Å². The number of anilines is 1. The zero-order valence-electron chi connectivity index (χ0n) is 10.5. The Morgan fingerprint density at radius 2 is 2.25 bits per heavy atom. The van der Waals surface area contributed by atoms with Crippen molar-refractivity contribution in [2.24, 2.45) is 0 Å². The molecule has 1 heterocycles. The molecule has 2 aromatic rings. The Morgan fingerprint density at radius 3 is 2.90 bits per heavy atom. The molecule has 0 bridgehead atoms. The highest BCUT2D eigenvalue weighted by atomic mass is 32.1. The topological polar surface area (TPSA) is 49.3 Å². The Balaban J connectivity index is 2.04. The van der Waals surface area contributed by atoms with E-state index in [0.29, 0.717) is 5.56 Å². The Morgan fingerprint density at radius 1 is 1.40 bits per heavy atom. The molecule has 0 radical (unpaired) electrons. The first-order valence-electron chi connectivity index (χ1n) is 5.89. The number of benzene rings is 1. The quantitative estimate of drug-likeness (QED) is 0.853. The molecular formula is C15H12FNO2S. The third-order valence-corrected chi connectivity index (χ3v) is 3.23. The first-order valence-corrected chi connectivity index (χ1v) is 6.83. The summed E-state index contributed by atoms with van der Waals surface area (Å²) >= 11 is 1.51. The molecule has 5 heteroatoms. The summed E-state index contributed by atoms with van der Waals surface area (Å²) in [6, 6.07) is 6.13. The van der Waals surface area contributed by atoms with Gasteiger partial charge in [-0.2, -0.15) is 11.3 Å². The minimum atomic E-state index is -0.548. The maximum atomic E-state index is 13.8. The normalized spacial score (nSPS) is 9.70. The van der Waals surface area contributed by atoms with E-state index in [9.17, 15) is 9.18 Å². The lowest BCUT2D eigenvalue weighted by molar-refractivity contribution is -0.115. The minimum Gasteiger partial charge on any atom is -0.384 e. The van der Waals surface area contributed by atoms with Crippen LogP contribution in [0.15, 0.2) is 35.0 Å². The van der Waals surface area contributed by atoms with Crippen molar-refractivity contribution in [2.45, 2.75) is 6.42 Å². The van der Waals surface area contributed by atoms with Crippen molar-refractivity contribution in [3.8, 4) is 11.8 Å². The largest absolute Gasteiger partial charge is 0.384 e. The third-order valence-electron chi connectivity index (χ3n) is 2.50. The molecule has 0 saturated heterocycles. The van der Waals surface area contributed by atoms with Gasteiger partial charge in [-0.3, -0.25) is 4.79 Å². The maximum Gasteiger partial charge on any atom is 0.228 e. The molecule has 0 aliphatic rings. The average Bonchev–Trinajstić information content (AvgIpc) is 2.92. The molecule has 2 rings (SSSR count). The molecule has 1 aromatic carbocycles. The molecular weight excluding hydrogens is 277 g/mol. The van der Waals surface area contributed by atoms with Gasteiger partial charge in [0.05, 0.1) is 12.1 Å². The third kappa shape index (κ3) is 3.92. The number of aliphatic hydroxyl groups is 1. The number of nitrogens with one attached hydrogen (secondary N) is 1. The first kappa shape index (κ1) is 14.3. The van der Waals surface area contributed by atoms with Crippen LogP contribution in [0.25, 0.3) is 0 Å². The van der Waals surface area contributed by atoms with E-state index in [0.717, 1.165) is 5.56 Å². The van der Waals surface area contributed by atoms with Crippen LogP contribution in [-0.4, -0.2) is 17.6 Å². The van der Waals surface area contributed by atoms with Crippen molar-refractivity contribution < 1.29 is 14.3 Å². The summed E-state index contributed by atoms with van der Waals surface area (Å²) in [5.74, 6) is 4.22. The van der Waals surface area contributed by atoms with Crippen LogP contribution >= 0.6 is 11.3 Å². The van der Waals surface area contributed by atoms with Crippen LogP contribution in [0.5, 0.6) is 0 Å². The molecule has 2 N–H and O–H groups in total. The van der Waals surface area contributed by atoms with Crippen molar-refractivity contribution in [3.63, 3.8) is 0 Å². The number of carbonyl (C=O) groups excluding carboxylic acids is 1. The number of aliphatic hydroxyl groups excluding tert-OH is 1. The van der Waals surface area contributed by atoms with Gasteiger partial charge in [0.25, 0.3) is 0 Å². The van der Waals surface area contributed by atoms with Gasteiger partial charge in [0.15, 0.2) is 0 Å². The smallest absolute Gasteiger partial charge is 0.228 e. The summed E-state index contributed by atoms with van der Waals surface area (Å²) in [7, 11) is 0. The summed E-state index contributed by atoms with van der Waals surface area (Å²) in [4.78, 5) is 11.8. The van der Waals surface area contributed by atoms with Gasteiger partial charge in [-0.05, 0) is 40.6 Å². The molecule has 0 saturated carbocycles. The van der Waals surface area contributed by atoms with Crippen LogP contribution in [0.4, 0.5) is 10.1 Å². The summed E-state index contributed by atoms with van der Waals surface area (Å²) in [5.41, 5.74) is 1.48. The summed E-state index contributed by atoms with van der Waals surface area (Å²) < 4.78 is 13.8. The predicted molar refractivity (Wildman–Crippen MR) is 77.0 cm³/mol. The Kier molecular flexibility index (Phi) is 4.88. The second-order valence-corrected chi connectivity index (χ2v) is 4.79. The first-order chi connectivity index (χ1) is 9.69. The average molecular weight is 289 g/mol. The van der Waals surface area contributed by atoms with E-state index in [1.165, 1.54) is 23.5 Å². The van der Waals surface area contributed by atoms with Gasteiger partial charge in [0.1, 0.15) is 12.4 Å². The number of hydrogen-bond acceptors (Lipinski definition) is 3. The van der Waals surface area contributed by atoms with Gasteiger partial charge in [-0.25, -0.2) is 4.39 Å². The molecule has 0 unspecified atom stereocenters. The number of carbonyl (C=O) groups is 1.